The van der Waals surface area contributed by atoms with Gasteiger partial charge in [-0.1, -0.05) is 13.0 Å². The Labute approximate surface area is 127 Å². The zero-order valence-electron chi connectivity index (χ0n) is 13.1. The largest absolute Gasteiger partial charge is 0.378 e. The van der Waals surface area contributed by atoms with E-state index >= 15 is 0 Å². The van der Waals surface area contributed by atoms with Gasteiger partial charge >= 0.3 is 0 Å². The highest BCUT2D eigenvalue weighted by Gasteiger charge is 2.21. The number of ether oxygens (including phenoxy) is 1. The molecule has 0 aliphatic carbocycles. The molecular weight excluding hydrogens is 262 g/mol. The van der Waals surface area contributed by atoms with Crippen molar-refractivity contribution in [1.29, 1.82) is 5.26 Å². The monoisotopic (exact) mass is 287 g/mol. The molecular formula is C17H25N3O. The molecule has 1 aromatic rings. The van der Waals surface area contributed by atoms with Gasteiger partial charge in [-0.25, -0.2) is 0 Å². The lowest BCUT2D eigenvalue weighted by atomic mass is 10.0. The Kier molecular flexibility index (Phi) is 6.04. The molecule has 0 amide bonds. The molecule has 1 aliphatic heterocycles. The van der Waals surface area contributed by atoms with E-state index in [0.717, 1.165) is 56.9 Å². The van der Waals surface area contributed by atoms with Gasteiger partial charge < -0.3 is 15.0 Å². The summed E-state index contributed by atoms with van der Waals surface area (Å²) in [7, 11) is 0. The Balaban J connectivity index is 2.05. The maximum absolute atomic E-state index is 9.41. The van der Waals surface area contributed by atoms with Gasteiger partial charge in [0, 0.05) is 26.2 Å². The van der Waals surface area contributed by atoms with Crippen molar-refractivity contribution in [3.63, 3.8) is 0 Å². The van der Waals surface area contributed by atoms with Gasteiger partial charge in [0.15, 0.2) is 0 Å². The topological polar surface area (TPSA) is 48.3 Å². The number of hydrogen-bond donors (Lipinski definition) is 1. The van der Waals surface area contributed by atoms with Crippen LogP contribution in [0.2, 0.25) is 0 Å². The smallest absolute Gasteiger partial charge is 0.101 e. The minimum absolute atomic E-state index is 0.379. The van der Waals surface area contributed by atoms with Crippen LogP contribution >= 0.6 is 0 Å². The Bertz CT molecular complexity index is 487. The number of anilines is 1. The van der Waals surface area contributed by atoms with Gasteiger partial charge in [-0.2, -0.15) is 5.26 Å². The number of nitriles is 1. The Morgan fingerprint density at radius 1 is 1.33 bits per heavy atom. The summed E-state index contributed by atoms with van der Waals surface area (Å²) in [4.78, 5) is 2.31. The second-order valence-electron chi connectivity index (χ2n) is 5.39. The van der Waals surface area contributed by atoms with Crippen LogP contribution in [0.15, 0.2) is 18.2 Å². The normalized spacial score (nSPS) is 16.0. The molecule has 2 rings (SSSR count). The summed E-state index contributed by atoms with van der Waals surface area (Å²) >= 11 is 0. The lowest BCUT2D eigenvalue weighted by molar-refractivity contribution is 0.0459. The number of nitrogens with zero attached hydrogens (tertiary/aromatic N) is 2. The van der Waals surface area contributed by atoms with Gasteiger partial charge in [0.1, 0.15) is 6.07 Å². The van der Waals surface area contributed by atoms with Crippen LogP contribution in [0.3, 0.4) is 0 Å². The highest BCUT2D eigenvalue weighted by Crippen LogP contribution is 2.25. The van der Waals surface area contributed by atoms with E-state index in [9.17, 15) is 5.26 Å². The van der Waals surface area contributed by atoms with Crippen LogP contribution in [0.4, 0.5) is 5.69 Å². The van der Waals surface area contributed by atoms with Gasteiger partial charge in [0.05, 0.1) is 17.4 Å². The van der Waals surface area contributed by atoms with Crippen molar-refractivity contribution < 1.29 is 4.74 Å². The van der Waals surface area contributed by atoms with E-state index in [1.165, 1.54) is 5.56 Å². The molecule has 1 aromatic carbocycles. The van der Waals surface area contributed by atoms with Gasteiger partial charge in [0.2, 0.25) is 0 Å². The van der Waals surface area contributed by atoms with E-state index in [2.05, 4.69) is 35.3 Å². The summed E-state index contributed by atoms with van der Waals surface area (Å²) in [6, 6.07) is 8.56. The number of rotatable bonds is 6. The van der Waals surface area contributed by atoms with Crippen molar-refractivity contribution in [3.8, 4) is 6.07 Å². The third kappa shape index (κ3) is 4.20. The molecule has 0 aromatic heterocycles. The van der Waals surface area contributed by atoms with Crippen LogP contribution in [-0.2, 0) is 11.3 Å². The fourth-order valence-corrected chi connectivity index (χ4v) is 2.83. The molecule has 0 saturated carbocycles. The van der Waals surface area contributed by atoms with Crippen molar-refractivity contribution in [3.05, 3.63) is 29.3 Å². The van der Waals surface area contributed by atoms with Crippen LogP contribution in [0, 0.1) is 11.3 Å². The van der Waals surface area contributed by atoms with E-state index < -0.39 is 0 Å². The molecule has 1 aliphatic rings. The Morgan fingerprint density at radius 3 is 2.71 bits per heavy atom. The van der Waals surface area contributed by atoms with Crippen LogP contribution < -0.4 is 10.2 Å². The fraction of sp³-hybridized carbons (Fsp3) is 0.588. The van der Waals surface area contributed by atoms with Crippen LogP contribution in [0.5, 0.6) is 0 Å². The van der Waals surface area contributed by atoms with Crippen molar-refractivity contribution in [2.45, 2.75) is 39.3 Å². The minimum Gasteiger partial charge on any atom is -0.378 e. The van der Waals surface area contributed by atoms with Crippen molar-refractivity contribution in [2.24, 2.45) is 0 Å². The summed E-state index contributed by atoms with van der Waals surface area (Å²) in [6.45, 7) is 8.60. The third-order valence-electron chi connectivity index (χ3n) is 3.95. The first-order chi connectivity index (χ1) is 10.3. The molecule has 0 spiro atoms. The van der Waals surface area contributed by atoms with Gasteiger partial charge in [-0.3, -0.25) is 0 Å². The van der Waals surface area contributed by atoms with Gasteiger partial charge in [-0.15, -0.1) is 0 Å². The highest BCUT2D eigenvalue weighted by atomic mass is 16.5. The SMILES string of the molecule is CCNCc1ccc(N2CCC(OCC)CC2)c(C#N)c1. The molecule has 114 valence electrons. The summed E-state index contributed by atoms with van der Waals surface area (Å²) in [5, 5.41) is 12.7. The molecule has 1 N–H and O–H groups in total. The Morgan fingerprint density at radius 2 is 2.10 bits per heavy atom. The number of hydrogen-bond acceptors (Lipinski definition) is 4. The minimum atomic E-state index is 0.379. The zero-order valence-corrected chi connectivity index (χ0v) is 13.1. The van der Waals surface area contributed by atoms with Crippen LogP contribution in [-0.4, -0.2) is 32.3 Å². The summed E-state index contributed by atoms with van der Waals surface area (Å²) in [6.07, 6.45) is 2.46. The Hall–Kier alpha value is -1.57. The first-order valence-corrected chi connectivity index (χ1v) is 7.88. The van der Waals surface area contributed by atoms with E-state index in [-0.39, 0.29) is 0 Å². The quantitative estimate of drug-likeness (QED) is 0.874. The molecule has 0 bridgehead atoms. The van der Waals surface area contributed by atoms with Crippen LogP contribution in [0.1, 0.15) is 37.8 Å². The second kappa shape index (κ2) is 8.02. The molecule has 4 nitrogen and oxygen atoms in total. The average molecular weight is 287 g/mol. The molecule has 0 radical (unpaired) electrons. The van der Waals surface area contributed by atoms with Gasteiger partial charge in [-0.05, 0) is 44.0 Å². The second-order valence-corrected chi connectivity index (χ2v) is 5.39. The fourth-order valence-electron chi connectivity index (χ4n) is 2.83. The lowest BCUT2D eigenvalue weighted by Gasteiger charge is -2.34. The molecule has 1 heterocycles. The predicted molar refractivity (Wildman–Crippen MR) is 85.4 cm³/mol. The van der Waals surface area contributed by atoms with Gasteiger partial charge in [0.25, 0.3) is 0 Å². The molecule has 0 atom stereocenters. The molecule has 1 fully saturated rings. The third-order valence-corrected chi connectivity index (χ3v) is 3.95. The van der Waals surface area contributed by atoms with Crippen molar-refractivity contribution in [1.82, 2.24) is 5.32 Å². The van der Waals surface area contributed by atoms with E-state index in [4.69, 9.17) is 4.74 Å². The maximum atomic E-state index is 9.41. The molecule has 0 unspecified atom stereocenters. The molecule has 4 heteroatoms. The van der Waals surface area contributed by atoms with Crippen molar-refractivity contribution in [2.75, 3.05) is 31.1 Å². The number of benzene rings is 1. The first-order valence-electron chi connectivity index (χ1n) is 7.88. The predicted octanol–water partition coefficient (Wildman–Crippen LogP) is 2.67. The van der Waals surface area contributed by atoms with E-state index in [0.29, 0.717) is 6.10 Å². The zero-order chi connectivity index (χ0) is 15.1. The summed E-state index contributed by atoms with van der Waals surface area (Å²) < 4.78 is 5.69. The molecule has 21 heavy (non-hydrogen) atoms. The van der Waals surface area contributed by atoms with Crippen LogP contribution in [0.25, 0.3) is 0 Å². The lowest BCUT2D eigenvalue weighted by Crippen LogP contribution is -2.37. The summed E-state index contributed by atoms with van der Waals surface area (Å²) in [5.74, 6) is 0. The standard InChI is InChI=1S/C17H25N3O/c1-3-19-13-14-5-6-17(15(11-14)12-18)20-9-7-16(8-10-20)21-4-2/h5-6,11,16,19H,3-4,7-10,13H2,1-2H3. The highest BCUT2D eigenvalue weighted by molar-refractivity contribution is 5.60. The van der Waals surface area contributed by atoms with E-state index in [1.54, 1.807) is 0 Å². The number of piperidine rings is 1. The first kappa shape index (κ1) is 15.8. The average Bonchev–Trinajstić information content (AvgIpc) is 2.54. The van der Waals surface area contributed by atoms with Crippen molar-refractivity contribution >= 4 is 5.69 Å². The molecule has 1 saturated heterocycles. The maximum Gasteiger partial charge on any atom is 0.101 e. The number of nitrogens with one attached hydrogen (secondary N) is 1. The summed E-state index contributed by atoms with van der Waals surface area (Å²) in [5.41, 5.74) is 3.01. The van der Waals surface area contributed by atoms with E-state index in [1.807, 2.05) is 13.0 Å².